The van der Waals surface area contributed by atoms with E-state index in [-0.39, 0.29) is 10.6 Å². The summed E-state index contributed by atoms with van der Waals surface area (Å²) in [6.45, 7) is 0. The minimum atomic E-state index is -3.70. The van der Waals surface area contributed by atoms with Crippen molar-refractivity contribution in [3.8, 4) is 11.5 Å². The lowest BCUT2D eigenvalue weighted by Gasteiger charge is -2.19. The predicted octanol–water partition coefficient (Wildman–Crippen LogP) is 2.99. The van der Waals surface area contributed by atoms with Gasteiger partial charge >= 0.3 is 0 Å². The summed E-state index contributed by atoms with van der Waals surface area (Å²) in [7, 11) is -0.823. The van der Waals surface area contributed by atoms with E-state index in [1.54, 1.807) is 36.4 Å². The Labute approximate surface area is 180 Å². The second-order valence-electron chi connectivity index (χ2n) is 6.43. The van der Waals surface area contributed by atoms with Gasteiger partial charge in [-0.2, -0.15) is 5.10 Å². The summed E-state index contributed by atoms with van der Waals surface area (Å²) in [6, 6.07) is 19.1. The number of benzene rings is 3. The molecular formula is C22H21N3O5S. The molecule has 0 radical (unpaired) electrons. The molecule has 0 aromatic heterocycles. The summed E-state index contributed by atoms with van der Waals surface area (Å²) < 4.78 is 31.6. The van der Waals surface area contributed by atoms with Crippen LogP contribution >= 0.6 is 0 Å². The molecule has 0 bridgehead atoms. The molecule has 31 heavy (non-hydrogen) atoms. The highest BCUT2D eigenvalue weighted by atomic mass is 32.2. The lowest BCUT2D eigenvalue weighted by molar-refractivity contribution is 0.0955. The number of nitrogens with one attached hydrogen (secondary N) is 1. The topological polar surface area (TPSA) is 108 Å². The van der Waals surface area contributed by atoms with E-state index in [4.69, 9.17) is 4.74 Å². The minimum absolute atomic E-state index is 0.0879. The normalized spacial score (nSPS) is 11.3. The summed E-state index contributed by atoms with van der Waals surface area (Å²) in [5.41, 5.74) is 3.44. The van der Waals surface area contributed by atoms with Crippen LogP contribution in [0.3, 0.4) is 0 Å². The first-order valence-corrected chi connectivity index (χ1v) is 10.6. The number of phenols is 1. The van der Waals surface area contributed by atoms with Gasteiger partial charge < -0.3 is 9.84 Å². The van der Waals surface area contributed by atoms with E-state index < -0.39 is 15.9 Å². The van der Waals surface area contributed by atoms with E-state index in [1.807, 2.05) is 0 Å². The molecule has 0 saturated carbocycles. The maximum Gasteiger partial charge on any atom is 0.271 e. The Balaban J connectivity index is 1.69. The Hall–Kier alpha value is -3.85. The van der Waals surface area contributed by atoms with Crippen LogP contribution in [-0.4, -0.2) is 39.8 Å². The quantitative estimate of drug-likeness (QED) is 0.435. The van der Waals surface area contributed by atoms with E-state index in [0.29, 0.717) is 22.6 Å². The van der Waals surface area contributed by atoms with Crippen LogP contribution < -0.4 is 14.5 Å². The standard InChI is InChI=1S/C22H21N3O5S/c1-25(31(28,29)19-8-4-3-5-9-19)18-13-11-16(12-14-18)22(27)24-23-15-17-7-6-10-20(30-2)21(17)26/h3-15,26H,1-2H3,(H,24,27)/b23-15-. The molecule has 3 aromatic rings. The van der Waals surface area contributed by atoms with Crippen LogP contribution in [0.4, 0.5) is 5.69 Å². The second kappa shape index (κ2) is 9.31. The van der Waals surface area contributed by atoms with E-state index in [0.717, 1.165) is 4.31 Å². The first kappa shape index (κ1) is 21.8. The second-order valence-corrected chi connectivity index (χ2v) is 8.40. The third kappa shape index (κ3) is 4.84. The molecule has 2 N–H and O–H groups in total. The third-order valence-corrected chi connectivity index (χ3v) is 6.31. The monoisotopic (exact) mass is 439 g/mol. The molecular weight excluding hydrogens is 418 g/mol. The molecule has 3 rings (SSSR count). The number of nitrogens with zero attached hydrogens (tertiary/aromatic N) is 2. The highest BCUT2D eigenvalue weighted by Crippen LogP contribution is 2.28. The first-order chi connectivity index (χ1) is 14.8. The average molecular weight is 439 g/mol. The van der Waals surface area contributed by atoms with Crippen LogP contribution in [0.25, 0.3) is 0 Å². The van der Waals surface area contributed by atoms with Crippen LogP contribution in [-0.2, 0) is 10.0 Å². The molecule has 0 saturated heterocycles. The highest BCUT2D eigenvalue weighted by molar-refractivity contribution is 7.92. The smallest absolute Gasteiger partial charge is 0.271 e. The maximum absolute atomic E-state index is 12.7. The summed E-state index contributed by atoms with van der Waals surface area (Å²) in [6.07, 6.45) is 1.30. The van der Waals surface area contributed by atoms with Crippen LogP contribution in [0, 0.1) is 0 Å². The van der Waals surface area contributed by atoms with Crippen molar-refractivity contribution in [2.75, 3.05) is 18.5 Å². The van der Waals surface area contributed by atoms with Gasteiger partial charge in [0, 0.05) is 18.2 Å². The van der Waals surface area contributed by atoms with Gasteiger partial charge in [-0.1, -0.05) is 24.3 Å². The van der Waals surface area contributed by atoms with Gasteiger partial charge in [-0.15, -0.1) is 0 Å². The van der Waals surface area contributed by atoms with Crippen LogP contribution in [0.1, 0.15) is 15.9 Å². The van der Waals surface area contributed by atoms with Gasteiger partial charge in [0.1, 0.15) is 0 Å². The number of aromatic hydroxyl groups is 1. The zero-order chi connectivity index (χ0) is 22.4. The number of amides is 1. The zero-order valence-corrected chi connectivity index (χ0v) is 17.7. The number of para-hydroxylation sites is 1. The van der Waals surface area contributed by atoms with Crippen LogP contribution in [0.5, 0.6) is 11.5 Å². The molecule has 0 heterocycles. The Bertz CT molecular complexity index is 1190. The average Bonchev–Trinajstić information content (AvgIpc) is 2.80. The fourth-order valence-electron chi connectivity index (χ4n) is 2.75. The summed E-state index contributed by atoms with van der Waals surface area (Å²) in [5, 5.41) is 13.9. The SMILES string of the molecule is COc1cccc(/C=N\NC(=O)c2ccc(N(C)S(=O)(=O)c3ccccc3)cc2)c1O. The molecule has 8 nitrogen and oxygen atoms in total. The largest absolute Gasteiger partial charge is 0.504 e. The number of phenolic OH excluding ortho intramolecular Hbond substituents is 1. The van der Waals surface area contributed by atoms with E-state index in [1.165, 1.54) is 56.8 Å². The summed E-state index contributed by atoms with van der Waals surface area (Å²) in [5.74, 6) is -0.283. The van der Waals surface area contributed by atoms with Crippen molar-refractivity contribution in [3.63, 3.8) is 0 Å². The Morgan fingerprint density at radius 1 is 1.03 bits per heavy atom. The third-order valence-electron chi connectivity index (χ3n) is 4.51. The molecule has 0 unspecified atom stereocenters. The number of sulfonamides is 1. The molecule has 0 aliphatic carbocycles. The maximum atomic E-state index is 12.7. The Morgan fingerprint density at radius 3 is 2.35 bits per heavy atom. The zero-order valence-electron chi connectivity index (χ0n) is 16.9. The van der Waals surface area contributed by atoms with Gasteiger partial charge in [0.15, 0.2) is 11.5 Å². The van der Waals surface area contributed by atoms with E-state index in [9.17, 15) is 18.3 Å². The van der Waals surface area contributed by atoms with E-state index >= 15 is 0 Å². The molecule has 0 fully saturated rings. The van der Waals surface area contributed by atoms with Crippen molar-refractivity contribution >= 4 is 27.8 Å². The molecule has 0 atom stereocenters. The van der Waals surface area contributed by atoms with Crippen molar-refractivity contribution < 1.29 is 23.1 Å². The number of carbonyl (C=O) groups excluding carboxylic acids is 1. The number of hydrazone groups is 1. The molecule has 3 aromatic carbocycles. The highest BCUT2D eigenvalue weighted by Gasteiger charge is 2.21. The van der Waals surface area contributed by atoms with Crippen molar-refractivity contribution in [3.05, 3.63) is 83.9 Å². The molecule has 1 amide bonds. The Morgan fingerprint density at radius 2 is 1.71 bits per heavy atom. The van der Waals surface area contributed by atoms with Crippen LogP contribution in [0.2, 0.25) is 0 Å². The van der Waals surface area contributed by atoms with Crippen molar-refractivity contribution in [2.45, 2.75) is 4.90 Å². The van der Waals surface area contributed by atoms with Gasteiger partial charge in [0.05, 0.1) is 23.9 Å². The van der Waals surface area contributed by atoms with Crippen LogP contribution in [0.15, 0.2) is 82.8 Å². The van der Waals surface area contributed by atoms with Gasteiger partial charge in [-0.25, -0.2) is 13.8 Å². The number of methoxy groups -OCH3 is 1. The minimum Gasteiger partial charge on any atom is -0.504 e. The van der Waals surface area contributed by atoms with Crippen molar-refractivity contribution in [2.24, 2.45) is 5.10 Å². The molecule has 9 heteroatoms. The Kier molecular flexibility index (Phi) is 6.56. The fourth-order valence-corrected chi connectivity index (χ4v) is 3.96. The van der Waals surface area contributed by atoms with Gasteiger partial charge in [0.25, 0.3) is 15.9 Å². The van der Waals surface area contributed by atoms with Gasteiger partial charge in [-0.3, -0.25) is 9.10 Å². The van der Waals surface area contributed by atoms with Crippen molar-refractivity contribution in [1.82, 2.24) is 5.43 Å². The molecule has 0 spiro atoms. The van der Waals surface area contributed by atoms with Gasteiger partial charge in [0.2, 0.25) is 0 Å². The van der Waals surface area contributed by atoms with Gasteiger partial charge in [-0.05, 0) is 48.5 Å². The number of hydrogen-bond donors (Lipinski definition) is 2. The fraction of sp³-hybridized carbons (Fsp3) is 0.0909. The number of rotatable bonds is 7. The lowest BCUT2D eigenvalue weighted by Crippen LogP contribution is -2.26. The number of ether oxygens (including phenoxy) is 1. The summed E-state index contributed by atoms with van der Waals surface area (Å²) in [4.78, 5) is 12.5. The molecule has 0 aliphatic heterocycles. The number of anilines is 1. The predicted molar refractivity (Wildman–Crippen MR) is 118 cm³/mol. The first-order valence-electron chi connectivity index (χ1n) is 9.18. The lowest BCUT2D eigenvalue weighted by atomic mass is 10.2. The number of hydrogen-bond acceptors (Lipinski definition) is 6. The van der Waals surface area contributed by atoms with Crippen molar-refractivity contribution in [1.29, 1.82) is 0 Å². The molecule has 160 valence electrons. The summed E-state index contributed by atoms with van der Waals surface area (Å²) >= 11 is 0. The number of carbonyl (C=O) groups is 1. The van der Waals surface area contributed by atoms with E-state index in [2.05, 4.69) is 10.5 Å². The molecule has 0 aliphatic rings.